The van der Waals surface area contributed by atoms with Gasteiger partial charge in [0.2, 0.25) is 0 Å². The summed E-state index contributed by atoms with van der Waals surface area (Å²) in [6.45, 7) is 0. The van der Waals surface area contributed by atoms with E-state index in [4.69, 9.17) is 14.5 Å². The highest BCUT2D eigenvalue weighted by atomic mass is 16.5. The monoisotopic (exact) mass is 384 g/mol. The molecule has 0 aliphatic carbocycles. The van der Waals surface area contributed by atoms with Gasteiger partial charge in [-0.15, -0.1) is 0 Å². The van der Waals surface area contributed by atoms with Crippen molar-refractivity contribution in [1.82, 2.24) is 0 Å². The molecule has 2 aliphatic rings. The van der Waals surface area contributed by atoms with E-state index in [1.807, 2.05) is 59.5 Å². The van der Waals surface area contributed by atoms with Gasteiger partial charge in [-0.2, -0.15) is 0 Å². The summed E-state index contributed by atoms with van der Waals surface area (Å²) in [6.07, 6.45) is 0.618. The second-order valence-corrected chi connectivity index (χ2v) is 7.07. The Balaban J connectivity index is 1.73. The summed E-state index contributed by atoms with van der Waals surface area (Å²) in [5.74, 6) is 0.957. The van der Waals surface area contributed by atoms with Crippen LogP contribution < -0.4 is 14.4 Å². The van der Waals surface area contributed by atoms with Gasteiger partial charge < -0.3 is 9.47 Å². The third kappa shape index (κ3) is 2.62. The minimum absolute atomic E-state index is 0.0855. The molecule has 2 heterocycles. The Kier molecular flexibility index (Phi) is 4.09. The van der Waals surface area contributed by atoms with E-state index in [1.54, 1.807) is 14.2 Å². The van der Waals surface area contributed by atoms with Crippen molar-refractivity contribution in [2.24, 2.45) is 4.99 Å². The van der Waals surface area contributed by atoms with E-state index in [1.165, 1.54) is 0 Å². The molecule has 29 heavy (non-hydrogen) atoms. The first-order valence-electron chi connectivity index (χ1n) is 9.53. The number of ether oxygens (including phenoxy) is 2. The number of hydrogen-bond acceptors (Lipinski definition) is 4. The van der Waals surface area contributed by atoms with Crippen molar-refractivity contribution in [3.63, 3.8) is 0 Å². The highest BCUT2D eigenvalue weighted by molar-refractivity contribution is 6.17. The van der Waals surface area contributed by atoms with E-state index in [0.717, 1.165) is 28.2 Å². The fourth-order valence-electron chi connectivity index (χ4n) is 4.27. The average molecular weight is 384 g/mol. The summed E-state index contributed by atoms with van der Waals surface area (Å²) in [6, 6.07) is 21.6. The Labute approximate surface area is 169 Å². The van der Waals surface area contributed by atoms with Gasteiger partial charge in [-0.3, -0.25) is 14.7 Å². The molecule has 0 bridgehead atoms. The van der Waals surface area contributed by atoms with E-state index in [0.29, 0.717) is 23.5 Å². The standard InChI is InChI=1S/C24H20N2O3/c1-28-21-13-12-16-20-14-18(15-8-4-3-5-9-15)25-17-10-6-7-11-19(17)26(20)24(27)22(16)23(21)29-2/h3-13,20H,14H2,1-2H3/t20-/m1/s1. The second-order valence-electron chi connectivity index (χ2n) is 7.07. The van der Waals surface area contributed by atoms with Gasteiger partial charge in [0.15, 0.2) is 11.5 Å². The van der Waals surface area contributed by atoms with Crippen molar-refractivity contribution >= 4 is 23.0 Å². The third-order valence-electron chi connectivity index (χ3n) is 5.57. The normalized spacial score (nSPS) is 17.0. The van der Waals surface area contributed by atoms with Gasteiger partial charge in [-0.1, -0.05) is 48.5 Å². The van der Waals surface area contributed by atoms with Gasteiger partial charge >= 0.3 is 0 Å². The number of carbonyl (C=O) groups excluding carboxylic acids is 1. The molecule has 2 aliphatic heterocycles. The second kappa shape index (κ2) is 6.78. The molecule has 5 nitrogen and oxygen atoms in total. The molecular formula is C24H20N2O3. The van der Waals surface area contributed by atoms with Crippen molar-refractivity contribution in [3.05, 3.63) is 83.4 Å². The lowest BCUT2D eigenvalue weighted by molar-refractivity contribution is 0.0989. The van der Waals surface area contributed by atoms with E-state index < -0.39 is 0 Å². The zero-order chi connectivity index (χ0) is 20.0. The average Bonchev–Trinajstić information content (AvgIpc) is 2.94. The van der Waals surface area contributed by atoms with E-state index >= 15 is 0 Å². The molecule has 0 spiro atoms. The fraction of sp³-hybridized carbons (Fsp3) is 0.167. The quantitative estimate of drug-likeness (QED) is 0.643. The fourth-order valence-corrected chi connectivity index (χ4v) is 4.27. The Hall–Kier alpha value is -3.60. The molecule has 0 aromatic heterocycles. The number of anilines is 1. The van der Waals surface area contributed by atoms with Crippen molar-refractivity contribution in [2.75, 3.05) is 19.1 Å². The smallest absolute Gasteiger partial charge is 0.263 e. The first kappa shape index (κ1) is 17.5. The zero-order valence-electron chi connectivity index (χ0n) is 16.3. The maximum atomic E-state index is 13.6. The molecule has 0 unspecified atom stereocenters. The Morgan fingerprint density at radius 1 is 0.931 bits per heavy atom. The lowest BCUT2D eigenvalue weighted by Crippen LogP contribution is -2.28. The first-order valence-corrected chi connectivity index (χ1v) is 9.53. The number of fused-ring (bicyclic) bond motifs is 5. The van der Waals surface area contributed by atoms with Gasteiger partial charge in [0.05, 0.1) is 42.9 Å². The minimum Gasteiger partial charge on any atom is -0.493 e. The summed E-state index contributed by atoms with van der Waals surface area (Å²) in [7, 11) is 3.15. The molecule has 0 N–H and O–H groups in total. The molecule has 3 aromatic rings. The van der Waals surface area contributed by atoms with Crippen molar-refractivity contribution < 1.29 is 14.3 Å². The Morgan fingerprint density at radius 3 is 2.45 bits per heavy atom. The van der Waals surface area contributed by atoms with Crippen LogP contribution in [0.3, 0.4) is 0 Å². The third-order valence-corrected chi connectivity index (χ3v) is 5.57. The van der Waals surface area contributed by atoms with E-state index in [-0.39, 0.29) is 11.9 Å². The van der Waals surface area contributed by atoms with Crippen molar-refractivity contribution in [1.29, 1.82) is 0 Å². The number of carbonyl (C=O) groups is 1. The molecular weight excluding hydrogens is 364 g/mol. The van der Waals surface area contributed by atoms with Gasteiger partial charge in [0, 0.05) is 6.42 Å². The lowest BCUT2D eigenvalue weighted by Gasteiger charge is -2.24. The summed E-state index contributed by atoms with van der Waals surface area (Å²) >= 11 is 0. The van der Waals surface area contributed by atoms with Crippen molar-refractivity contribution in [3.8, 4) is 11.5 Å². The maximum absolute atomic E-state index is 13.6. The van der Waals surface area contributed by atoms with Crippen LogP contribution in [0.4, 0.5) is 11.4 Å². The molecule has 0 radical (unpaired) electrons. The SMILES string of the molecule is COc1ccc2c(c1OC)C(=O)N1c3ccccc3N=C(c3ccccc3)C[C@H]21. The topological polar surface area (TPSA) is 51.1 Å². The Bertz CT molecular complexity index is 1140. The number of nitrogens with zero attached hydrogens (tertiary/aromatic N) is 2. The number of hydrogen-bond donors (Lipinski definition) is 0. The van der Waals surface area contributed by atoms with E-state index in [9.17, 15) is 4.79 Å². The number of para-hydroxylation sites is 2. The van der Waals surface area contributed by atoms with Crippen LogP contribution in [0.5, 0.6) is 11.5 Å². The number of methoxy groups -OCH3 is 2. The molecule has 1 atom stereocenters. The molecule has 1 amide bonds. The summed E-state index contributed by atoms with van der Waals surface area (Å²) in [5.41, 5.74) is 5.13. The first-order chi connectivity index (χ1) is 14.2. The number of rotatable bonds is 3. The molecule has 3 aromatic carbocycles. The summed E-state index contributed by atoms with van der Waals surface area (Å²) in [5, 5.41) is 0. The largest absolute Gasteiger partial charge is 0.493 e. The number of amides is 1. The predicted molar refractivity (Wildman–Crippen MR) is 113 cm³/mol. The zero-order valence-corrected chi connectivity index (χ0v) is 16.3. The van der Waals surface area contributed by atoms with Gasteiger partial charge in [0.25, 0.3) is 5.91 Å². The van der Waals surface area contributed by atoms with Crippen LogP contribution in [0.15, 0.2) is 71.7 Å². The lowest BCUT2D eigenvalue weighted by atomic mass is 9.96. The summed E-state index contributed by atoms with van der Waals surface area (Å²) in [4.78, 5) is 20.4. The number of benzene rings is 3. The van der Waals surface area contributed by atoms with Gasteiger partial charge in [0.1, 0.15) is 0 Å². The van der Waals surface area contributed by atoms with Crippen LogP contribution in [-0.2, 0) is 0 Å². The van der Waals surface area contributed by atoms with Gasteiger partial charge in [-0.05, 0) is 29.3 Å². The molecule has 144 valence electrons. The Morgan fingerprint density at radius 2 is 1.69 bits per heavy atom. The van der Waals surface area contributed by atoms with Crippen LogP contribution in [0.25, 0.3) is 0 Å². The van der Waals surface area contributed by atoms with Gasteiger partial charge in [-0.25, -0.2) is 0 Å². The molecule has 0 fully saturated rings. The van der Waals surface area contributed by atoms with Crippen LogP contribution in [0, 0.1) is 0 Å². The van der Waals surface area contributed by atoms with Crippen LogP contribution in [0.1, 0.15) is 33.9 Å². The van der Waals surface area contributed by atoms with Crippen molar-refractivity contribution in [2.45, 2.75) is 12.5 Å². The van der Waals surface area contributed by atoms with E-state index in [2.05, 4.69) is 12.1 Å². The molecule has 5 heteroatoms. The summed E-state index contributed by atoms with van der Waals surface area (Å²) < 4.78 is 11.0. The van der Waals surface area contributed by atoms with Crippen LogP contribution in [0.2, 0.25) is 0 Å². The highest BCUT2D eigenvalue weighted by Gasteiger charge is 2.43. The minimum atomic E-state index is -0.153. The molecule has 0 saturated heterocycles. The van der Waals surface area contributed by atoms with Crippen LogP contribution in [-0.4, -0.2) is 25.8 Å². The maximum Gasteiger partial charge on any atom is 0.263 e. The van der Waals surface area contributed by atoms with Crippen LogP contribution >= 0.6 is 0 Å². The predicted octanol–water partition coefficient (Wildman–Crippen LogP) is 4.93. The molecule has 5 rings (SSSR count). The number of aliphatic imine (C=N–C) groups is 1. The molecule has 0 saturated carbocycles. The highest BCUT2D eigenvalue weighted by Crippen LogP contribution is 2.50.